The molecule has 96 valence electrons. The maximum absolute atomic E-state index is 3.62. The minimum absolute atomic E-state index is 0.500. The second-order valence-corrected chi connectivity index (χ2v) is 5.39. The molecule has 0 heterocycles. The third-order valence-corrected chi connectivity index (χ3v) is 3.35. The van der Waals surface area contributed by atoms with E-state index in [2.05, 4.69) is 63.3 Å². The van der Waals surface area contributed by atoms with Gasteiger partial charge in [0, 0.05) is 6.04 Å². The van der Waals surface area contributed by atoms with Crippen LogP contribution in [0.2, 0.25) is 0 Å². The predicted octanol–water partition coefficient (Wildman–Crippen LogP) is 4.41. The molecule has 17 heavy (non-hydrogen) atoms. The summed E-state index contributed by atoms with van der Waals surface area (Å²) < 4.78 is 0. The highest BCUT2D eigenvalue weighted by molar-refractivity contribution is 5.19. The van der Waals surface area contributed by atoms with E-state index in [0.717, 1.165) is 12.5 Å². The zero-order chi connectivity index (χ0) is 12.7. The predicted molar refractivity (Wildman–Crippen MR) is 76.1 cm³/mol. The molecule has 1 aromatic carbocycles. The van der Waals surface area contributed by atoms with Crippen molar-refractivity contribution in [2.45, 2.75) is 46.6 Å². The Hall–Kier alpha value is -0.820. The largest absolute Gasteiger partial charge is 0.310 e. The van der Waals surface area contributed by atoms with Crippen molar-refractivity contribution < 1.29 is 0 Å². The van der Waals surface area contributed by atoms with Gasteiger partial charge in [-0.05, 0) is 30.4 Å². The first-order valence-corrected chi connectivity index (χ1v) is 6.93. The first kappa shape index (κ1) is 14.2. The molecule has 1 rings (SSSR count). The Kier molecular flexibility index (Phi) is 6.28. The van der Waals surface area contributed by atoms with E-state index in [-0.39, 0.29) is 0 Å². The van der Waals surface area contributed by atoms with Crippen LogP contribution < -0.4 is 5.32 Å². The molecule has 0 aliphatic rings. The molecule has 1 nitrogen and oxygen atoms in total. The Morgan fingerprint density at radius 2 is 1.65 bits per heavy atom. The van der Waals surface area contributed by atoms with Crippen molar-refractivity contribution in [2.24, 2.45) is 11.8 Å². The summed E-state index contributed by atoms with van der Waals surface area (Å²) in [6, 6.07) is 11.3. The minimum Gasteiger partial charge on any atom is -0.310 e. The monoisotopic (exact) mass is 233 g/mol. The first-order valence-electron chi connectivity index (χ1n) is 6.93. The highest BCUT2D eigenvalue weighted by Crippen LogP contribution is 2.26. The van der Waals surface area contributed by atoms with Gasteiger partial charge in [0.25, 0.3) is 0 Å². The molecule has 2 atom stereocenters. The van der Waals surface area contributed by atoms with Crippen LogP contribution in [0.5, 0.6) is 0 Å². The second-order valence-electron chi connectivity index (χ2n) is 5.39. The van der Waals surface area contributed by atoms with Gasteiger partial charge in [-0.15, -0.1) is 0 Å². The molecule has 1 N–H and O–H groups in total. The summed E-state index contributed by atoms with van der Waals surface area (Å²) in [5.74, 6) is 1.50. The first-order chi connectivity index (χ1) is 8.15. The molecule has 1 heteroatoms. The van der Waals surface area contributed by atoms with Crippen molar-refractivity contribution in [1.82, 2.24) is 5.32 Å². The molecule has 2 unspecified atom stereocenters. The Bertz CT molecular complexity index is 292. The highest BCUT2D eigenvalue weighted by Gasteiger charge is 2.17. The SMILES string of the molecule is CCNC(c1ccccc1)C(C)CCC(C)C. The van der Waals surface area contributed by atoms with Gasteiger partial charge >= 0.3 is 0 Å². The molecule has 0 fully saturated rings. The van der Waals surface area contributed by atoms with Crippen LogP contribution in [0.25, 0.3) is 0 Å². The molecule has 0 amide bonds. The molecule has 0 aromatic heterocycles. The van der Waals surface area contributed by atoms with E-state index in [0.29, 0.717) is 12.0 Å². The molecule has 0 aliphatic heterocycles. The molecular formula is C16H27N. The molecule has 0 aliphatic carbocycles. The lowest BCUT2D eigenvalue weighted by atomic mass is 9.89. The van der Waals surface area contributed by atoms with Gasteiger partial charge in [0.15, 0.2) is 0 Å². The van der Waals surface area contributed by atoms with Gasteiger partial charge in [0.1, 0.15) is 0 Å². The summed E-state index contributed by atoms with van der Waals surface area (Å²) in [6.45, 7) is 10.2. The van der Waals surface area contributed by atoms with Gasteiger partial charge in [-0.1, -0.05) is 64.4 Å². The van der Waals surface area contributed by atoms with Gasteiger partial charge in [0.2, 0.25) is 0 Å². The molecule has 0 saturated carbocycles. The Balaban J connectivity index is 2.65. The summed E-state index contributed by atoms with van der Waals surface area (Å²) >= 11 is 0. The fourth-order valence-electron chi connectivity index (χ4n) is 2.29. The fraction of sp³-hybridized carbons (Fsp3) is 0.625. The quantitative estimate of drug-likeness (QED) is 0.735. The lowest BCUT2D eigenvalue weighted by Gasteiger charge is -2.26. The van der Waals surface area contributed by atoms with E-state index >= 15 is 0 Å². The topological polar surface area (TPSA) is 12.0 Å². The average Bonchev–Trinajstić information content (AvgIpc) is 2.34. The van der Waals surface area contributed by atoms with Crippen LogP contribution in [0.4, 0.5) is 0 Å². The van der Waals surface area contributed by atoms with Crippen molar-refractivity contribution in [3.63, 3.8) is 0 Å². The Morgan fingerprint density at radius 3 is 2.18 bits per heavy atom. The lowest BCUT2D eigenvalue weighted by Crippen LogP contribution is -2.27. The van der Waals surface area contributed by atoms with E-state index in [1.807, 2.05) is 0 Å². The van der Waals surface area contributed by atoms with Crippen molar-refractivity contribution in [3.05, 3.63) is 35.9 Å². The van der Waals surface area contributed by atoms with E-state index in [9.17, 15) is 0 Å². The van der Waals surface area contributed by atoms with Crippen molar-refractivity contribution in [3.8, 4) is 0 Å². The summed E-state index contributed by atoms with van der Waals surface area (Å²) in [6.07, 6.45) is 2.61. The van der Waals surface area contributed by atoms with Crippen LogP contribution in [-0.2, 0) is 0 Å². The number of nitrogens with one attached hydrogen (secondary N) is 1. The molecular weight excluding hydrogens is 206 g/mol. The maximum Gasteiger partial charge on any atom is 0.0345 e. The molecule has 0 radical (unpaired) electrons. The highest BCUT2D eigenvalue weighted by atomic mass is 14.9. The summed E-state index contributed by atoms with van der Waals surface area (Å²) in [4.78, 5) is 0. The van der Waals surface area contributed by atoms with Crippen LogP contribution in [0.3, 0.4) is 0 Å². The van der Waals surface area contributed by atoms with Crippen molar-refractivity contribution in [1.29, 1.82) is 0 Å². The van der Waals surface area contributed by atoms with E-state index < -0.39 is 0 Å². The van der Waals surface area contributed by atoms with Crippen molar-refractivity contribution in [2.75, 3.05) is 6.54 Å². The smallest absolute Gasteiger partial charge is 0.0345 e. The molecule has 0 saturated heterocycles. The van der Waals surface area contributed by atoms with Crippen LogP contribution in [0.15, 0.2) is 30.3 Å². The van der Waals surface area contributed by atoms with Crippen LogP contribution >= 0.6 is 0 Å². The van der Waals surface area contributed by atoms with E-state index in [1.54, 1.807) is 0 Å². The van der Waals surface area contributed by atoms with Gasteiger partial charge in [-0.25, -0.2) is 0 Å². The number of rotatable bonds is 7. The van der Waals surface area contributed by atoms with E-state index in [4.69, 9.17) is 0 Å². The van der Waals surface area contributed by atoms with Crippen LogP contribution in [0.1, 0.15) is 52.1 Å². The number of hydrogen-bond donors (Lipinski definition) is 1. The summed E-state index contributed by atoms with van der Waals surface area (Å²) in [5.41, 5.74) is 1.42. The third kappa shape index (κ3) is 4.91. The molecule has 1 aromatic rings. The third-order valence-electron chi connectivity index (χ3n) is 3.35. The summed E-state index contributed by atoms with van der Waals surface area (Å²) in [5, 5.41) is 3.62. The average molecular weight is 233 g/mol. The van der Waals surface area contributed by atoms with Gasteiger partial charge in [0.05, 0.1) is 0 Å². The second kappa shape index (κ2) is 7.50. The van der Waals surface area contributed by atoms with Gasteiger partial charge in [-0.2, -0.15) is 0 Å². The fourth-order valence-corrected chi connectivity index (χ4v) is 2.29. The lowest BCUT2D eigenvalue weighted by molar-refractivity contribution is 0.345. The maximum atomic E-state index is 3.62. The van der Waals surface area contributed by atoms with Crippen LogP contribution in [0, 0.1) is 11.8 Å². The van der Waals surface area contributed by atoms with Gasteiger partial charge in [-0.3, -0.25) is 0 Å². The zero-order valence-electron chi connectivity index (χ0n) is 11.7. The molecule has 0 spiro atoms. The number of hydrogen-bond acceptors (Lipinski definition) is 1. The van der Waals surface area contributed by atoms with Gasteiger partial charge < -0.3 is 5.32 Å². The van der Waals surface area contributed by atoms with Crippen LogP contribution in [-0.4, -0.2) is 6.54 Å². The molecule has 0 bridgehead atoms. The van der Waals surface area contributed by atoms with E-state index in [1.165, 1.54) is 18.4 Å². The Morgan fingerprint density at radius 1 is 1.00 bits per heavy atom. The standard InChI is InChI=1S/C16H27N/c1-5-17-16(14(4)12-11-13(2)3)15-9-7-6-8-10-15/h6-10,13-14,16-17H,5,11-12H2,1-4H3. The minimum atomic E-state index is 0.500. The normalized spacial score (nSPS) is 14.9. The Labute approximate surface area is 107 Å². The zero-order valence-corrected chi connectivity index (χ0v) is 11.7. The summed E-state index contributed by atoms with van der Waals surface area (Å²) in [7, 11) is 0. The van der Waals surface area contributed by atoms with Crippen molar-refractivity contribution >= 4 is 0 Å². The number of benzene rings is 1.